The molecule has 1 unspecified atom stereocenters. The van der Waals surface area contributed by atoms with Gasteiger partial charge in [0, 0.05) is 19.6 Å². The minimum atomic E-state index is -0.746. The van der Waals surface area contributed by atoms with Gasteiger partial charge in [-0.05, 0) is 23.1 Å². The predicted molar refractivity (Wildman–Crippen MR) is 74.3 cm³/mol. The van der Waals surface area contributed by atoms with Crippen molar-refractivity contribution in [1.29, 1.82) is 0 Å². The van der Waals surface area contributed by atoms with Gasteiger partial charge in [-0.25, -0.2) is 4.39 Å². The fourth-order valence-electron chi connectivity index (χ4n) is 2.11. The van der Waals surface area contributed by atoms with Crippen LogP contribution in [0.3, 0.4) is 0 Å². The third-order valence-corrected chi connectivity index (χ3v) is 2.78. The number of rotatable bonds is 6. The average Bonchev–Trinajstić information content (AvgIpc) is 2.27. The van der Waals surface area contributed by atoms with Gasteiger partial charge < -0.3 is 10.2 Å². The first kappa shape index (κ1) is 16.1. The number of aliphatic hydroxyl groups excluding tert-OH is 2. The van der Waals surface area contributed by atoms with E-state index in [9.17, 15) is 9.50 Å². The van der Waals surface area contributed by atoms with E-state index in [1.54, 1.807) is 12.1 Å². The fourth-order valence-corrected chi connectivity index (χ4v) is 2.11. The smallest absolute Gasteiger partial charge is 0.123 e. The van der Waals surface area contributed by atoms with Crippen molar-refractivity contribution >= 4 is 0 Å². The van der Waals surface area contributed by atoms with Crippen molar-refractivity contribution in [2.24, 2.45) is 5.41 Å². The second-order valence-electron chi connectivity index (χ2n) is 6.09. The van der Waals surface area contributed by atoms with Crippen molar-refractivity contribution < 1.29 is 14.6 Å². The van der Waals surface area contributed by atoms with Gasteiger partial charge in [-0.2, -0.15) is 0 Å². The molecule has 0 bridgehead atoms. The number of nitrogens with zero attached hydrogens (tertiary/aromatic N) is 1. The van der Waals surface area contributed by atoms with Crippen molar-refractivity contribution in [2.75, 3.05) is 26.2 Å². The highest BCUT2D eigenvalue weighted by molar-refractivity contribution is 5.19. The maximum Gasteiger partial charge on any atom is 0.123 e. The second-order valence-corrected chi connectivity index (χ2v) is 6.09. The Kier molecular flexibility index (Phi) is 5.91. The monoisotopic (exact) mass is 269 g/mol. The molecule has 1 atom stereocenters. The quantitative estimate of drug-likeness (QED) is 0.832. The average molecular weight is 269 g/mol. The Labute approximate surface area is 114 Å². The zero-order valence-electron chi connectivity index (χ0n) is 11.9. The third-order valence-electron chi connectivity index (χ3n) is 2.78. The highest BCUT2D eigenvalue weighted by atomic mass is 19.1. The van der Waals surface area contributed by atoms with E-state index in [4.69, 9.17) is 5.11 Å². The van der Waals surface area contributed by atoms with E-state index in [0.717, 1.165) is 6.54 Å². The van der Waals surface area contributed by atoms with Crippen molar-refractivity contribution in [3.63, 3.8) is 0 Å². The van der Waals surface area contributed by atoms with Crippen LogP contribution in [0.4, 0.5) is 4.39 Å². The number of hydrogen-bond donors (Lipinski definition) is 2. The van der Waals surface area contributed by atoms with Gasteiger partial charge in [-0.15, -0.1) is 0 Å². The molecule has 0 fully saturated rings. The molecule has 0 saturated heterocycles. The van der Waals surface area contributed by atoms with E-state index in [0.29, 0.717) is 18.7 Å². The standard InChI is InChI=1S/C15H24FNO2/c1-15(2,3)11-17(7-8-18)10-14(19)12-5-4-6-13(16)9-12/h4-6,9,14,18-19H,7-8,10-11H2,1-3H3. The van der Waals surface area contributed by atoms with E-state index in [1.807, 2.05) is 4.90 Å². The molecule has 0 saturated carbocycles. The van der Waals surface area contributed by atoms with Crippen LogP contribution >= 0.6 is 0 Å². The summed E-state index contributed by atoms with van der Waals surface area (Å²) in [5.41, 5.74) is 0.647. The maximum atomic E-state index is 13.1. The number of benzene rings is 1. The molecule has 1 rings (SSSR count). The molecular weight excluding hydrogens is 245 g/mol. The lowest BCUT2D eigenvalue weighted by atomic mass is 9.95. The van der Waals surface area contributed by atoms with Crippen molar-refractivity contribution in [1.82, 2.24) is 4.90 Å². The first-order valence-corrected chi connectivity index (χ1v) is 6.58. The van der Waals surface area contributed by atoms with Crippen LogP contribution in [0.5, 0.6) is 0 Å². The van der Waals surface area contributed by atoms with Crippen LogP contribution in [0.25, 0.3) is 0 Å². The van der Waals surface area contributed by atoms with Crippen LogP contribution in [-0.4, -0.2) is 41.4 Å². The number of aliphatic hydroxyl groups is 2. The SMILES string of the molecule is CC(C)(C)CN(CCO)CC(O)c1cccc(F)c1. The van der Waals surface area contributed by atoms with Crippen LogP contribution in [-0.2, 0) is 0 Å². The Morgan fingerprint density at radius 3 is 2.53 bits per heavy atom. The Bertz CT molecular complexity index is 390. The van der Waals surface area contributed by atoms with Gasteiger partial charge in [-0.3, -0.25) is 4.90 Å². The van der Waals surface area contributed by atoms with Crippen LogP contribution in [0, 0.1) is 11.2 Å². The summed E-state index contributed by atoms with van der Waals surface area (Å²) in [6.45, 7) is 8.01. The summed E-state index contributed by atoms with van der Waals surface area (Å²) >= 11 is 0. The van der Waals surface area contributed by atoms with E-state index >= 15 is 0 Å². The normalized spacial score (nSPS) is 13.8. The topological polar surface area (TPSA) is 43.7 Å². The van der Waals surface area contributed by atoms with E-state index in [-0.39, 0.29) is 17.8 Å². The molecule has 0 heterocycles. The molecule has 0 radical (unpaired) electrons. The van der Waals surface area contributed by atoms with Crippen LogP contribution in [0.2, 0.25) is 0 Å². The Morgan fingerprint density at radius 2 is 2.00 bits per heavy atom. The lowest BCUT2D eigenvalue weighted by Crippen LogP contribution is -2.37. The zero-order valence-corrected chi connectivity index (χ0v) is 11.9. The molecule has 0 aliphatic carbocycles. The molecule has 19 heavy (non-hydrogen) atoms. The molecule has 2 N–H and O–H groups in total. The number of halogens is 1. The Morgan fingerprint density at radius 1 is 1.32 bits per heavy atom. The van der Waals surface area contributed by atoms with E-state index in [2.05, 4.69) is 20.8 Å². The summed E-state index contributed by atoms with van der Waals surface area (Å²) in [6, 6.07) is 6.01. The maximum absolute atomic E-state index is 13.1. The summed E-state index contributed by atoms with van der Waals surface area (Å²) < 4.78 is 13.1. The summed E-state index contributed by atoms with van der Waals surface area (Å²) in [7, 11) is 0. The Hall–Kier alpha value is -0.970. The van der Waals surface area contributed by atoms with Gasteiger partial charge >= 0.3 is 0 Å². The highest BCUT2D eigenvalue weighted by Gasteiger charge is 2.19. The second kappa shape index (κ2) is 6.98. The molecule has 0 spiro atoms. The van der Waals surface area contributed by atoms with Gasteiger partial charge in [-0.1, -0.05) is 32.9 Å². The predicted octanol–water partition coefficient (Wildman–Crippen LogP) is 2.20. The van der Waals surface area contributed by atoms with Gasteiger partial charge in [0.15, 0.2) is 0 Å². The van der Waals surface area contributed by atoms with Crippen molar-refractivity contribution in [3.8, 4) is 0 Å². The largest absolute Gasteiger partial charge is 0.395 e. The lowest BCUT2D eigenvalue weighted by Gasteiger charge is -2.31. The highest BCUT2D eigenvalue weighted by Crippen LogP contribution is 2.19. The van der Waals surface area contributed by atoms with Gasteiger partial charge in [0.05, 0.1) is 12.7 Å². The van der Waals surface area contributed by atoms with Gasteiger partial charge in [0.2, 0.25) is 0 Å². The summed E-state index contributed by atoms with van der Waals surface area (Å²) in [5.74, 6) is -0.346. The fraction of sp³-hybridized carbons (Fsp3) is 0.600. The zero-order chi connectivity index (χ0) is 14.5. The van der Waals surface area contributed by atoms with Crippen molar-refractivity contribution in [2.45, 2.75) is 26.9 Å². The first-order chi connectivity index (χ1) is 8.81. The third kappa shape index (κ3) is 6.14. The molecule has 0 amide bonds. The molecule has 0 aliphatic heterocycles. The Balaban J connectivity index is 2.68. The molecule has 0 aliphatic rings. The van der Waals surface area contributed by atoms with E-state index in [1.165, 1.54) is 12.1 Å². The molecule has 4 heteroatoms. The summed E-state index contributed by atoms with van der Waals surface area (Å²) in [6.07, 6.45) is -0.746. The molecule has 3 nitrogen and oxygen atoms in total. The summed E-state index contributed by atoms with van der Waals surface area (Å²) in [5, 5.41) is 19.2. The molecule has 108 valence electrons. The van der Waals surface area contributed by atoms with Crippen LogP contribution < -0.4 is 0 Å². The molecule has 1 aromatic rings. The molecule has 0 aromatic heterocycles. The lowest BCUT2D eigenvalue weighted by molar-refractivity contribution is 0.0789. The van der Waals surface area contributed by atoms with Gasteiger partial charge in [0.1, 0.15) is 5.82 Å². The van der Waals surface area contributed by atoms with Crippen LogP contribution in [0.15, 0.2) is 24.3 Å². The summed E-state index contributed by atoms with van der Waals surface area (Å²) in [4.78, 5) is 2.00. The molecule has 1 aromatic carbocycles. The minimum absolute atomic E-state index is 0.0476. The van der Waals surface area contributed by atoms with Crippen molar-refractivity contribution in [3.05, 3.63) is 35.6 Å². The number of hydrogen-bond acceptors (Lipinski definition) is 3. The first-order valence-electron chi connectivity index (χ1n) is 6.58. The van der Waals surface area contributed by atoms with E-state index < -0.39 is 6.10 Å². The van der Waals surface area contributed by atoms with Crippen LogP contribution in [0.1, 0.15) is 32.4 Å². The minimum Gasteiger partial charge on any atom is -0.395 e. The molecular formula is C15H24FNO2. The van der Waals surface area contributed by atoms with Gasteiger partial charge in [0.25, 0.3) is 0 Å².